The molecule has 2 aromatic carbocycles. The first-order valence-corrected chi connectivity index (χ1v) is 6.80. The Balaban J connectivity index is 2.15. The van der Waals surface area contributed by atoms with Gasteiger partial charge in [-0.15, -0.1) is 0 Å². The zero-order valence-electron chi connectivity index (χ0n) is 12.9. The summed E-state index contributed by atoms with van der Waals surface area (Å²) in [6.45, 7) is 0.418. The SMILES string of the molecule is COc1cccc(CN(C)C(=O)c2ccc(OC)cc2O)c1. The maximum absolute atomic E-state index is 12.4. The van der Waals surface area contributed by atoms with E-state index in [1.807, 2.05) is 24.3 Å². The maximum atomic E-state index is 12.4. The van der Waals surface area contributed by atoms with E-state index in [1.54, 1.807) is 26.3 Å². The lowest BCUT2D eigenvalue weighted by molar-refractivity contribution is 0.0782. The van der Waals surface area contributed by atoms with Gasteiger partial charge < -0.3 is 19.5 Å². The summed E-state index contributed by atoms with van der Waals surface area (Å²) < 4.78 is 10.2. The van der Waals surface area contributed by atoms with Crippen LogP contribution >= 0.6 is 0 Å². The predicted octanol–water partition coefficient (Wildman–Crippen LogP) is 2.68. The maximum Gasteiger partial charge on any atom is 0.257 e. The fraction of sp³-hybridized carbons (Fsp3) is 0.235. The Kier molecular flexibility index (Phi) is 4.88. The van der Waals surface area contributed by atoms with Crippen molar-refractivity contribution < 1.29 is 19.4 Å². The molecule has 5 nitrogen and oxygen atoms in total. The van der Waals surface area contributed by atoms with Crippen LogP contribution in [-0.2, 0) is 6.54 Å². The molecule has 0 spiro atoms. The minimum Gasteiger partial charge on any atom is -0.507 e. The molecule has 0 aliphatic rings. The van der Waals surface area contributed by atoms with Crippen LogP contribution in [0.3, 0.4) is 0 Å². The lowest BCUT2D eigenvalue weighted by Gasteiger charge is -2.18. The van der Waals surface area contributed by atoms with Crippen molar-refractivity contribution in [3.63, 3.8) is 0 Å². The Bertz CT molecular complexity index is 669. The number of phenolic OH excluding ortho intramolecular Hbond substituents is 1. The first-order valence-electron chi connectivity index (χ1n) is 6.80. The van der Waals surface area contributed by atoms with Crippen LogP contribution in [0.2, 0.25) is 0 Å². The number of ether oxygens (including phenoxy) is 2. The Morgan fingerprint density at radius 2 is 1.77 bits per heavy atom. The molecule has 22 heavy (non-hydrogen) atoms. The van der Waals surface area contributed by atoms with Crippen molar-refractivity contribution >= 4 is 5.91 Å². The van der Waals surface area contributed by atoms with E-state index in [-0.39, 0.29) is 17.2 Å². The minimum atomic E-state index is -0.261. The highest BCUT2D eigenvalue weighted by Gasteiger charge is 2.16. The van der Waals surface area contributed by atoms with Gasteiger partial charge in [-0.3, -0.25) is 4.79 Å². The van der Waals surface area contributed by atoms with Crippen molar-refractivity contribution in [2.24, 2.45) is 0 Å². The van der Waals surface area contributed by atoms with Gasteiger partial charge in [0.1, 0.15) is 17.2 Å². The highest BCUT2D eigenvalue weighted by Crippen LogP contribution is 2.25. The number of rotatable bonds is 5. The molecule has 0 aliphatic heterocycles. The second-order valence-electron chi connectivity index (χ2n) is 4.90. The summed E-state index contributed by atoms with van der Waals surface area (Å²) in [5.74, 6) is 0.889. The average Bonchev–Trinajstić information content (AvgIpc) is 2.54. The standard InChI is InChI=1S/C17H19NO4/c1-18(11-12-5-4-6-13(9-12)21-2)17(20)15-8-7-14(22-3)10-16(15)19/h4-10,19H,11H2,1-3H3. The van der Waals surface area contributed by atoms with Gasteiger partial charge >= 0.3 is 0 Å². The van der Waals surface area contributed by atoms with Crippen LogP contribution in [0.5, 0.6) is 17.2 Å². The van der Waals surface area contributed by atoms with Crippen molar-refractivity contribution in [1.82, 2.24) is 4.90 Å². The Morgan fingerprint density at radius 1 is 1.09 bits per heavy atom. The molecule has 0 saturated carbocycles. The normalized spacial score (nSPS) is 10.1. The van der Waals surface area contributed by atoms with Crippen molar-refractivity contribution in [1.29, 1.82) is 0 Å². The van der Waals surface area contributed by atoms with Crippen molar-refractivity contribution in [3.8, 4) is 17.2 Å². The number of methoxy groups -OCH3 is 2. The molecule has 2 aromatic rings. The molecule has 116 valence electrons. The molecule has 1 N–H and O–H groups in total. The second kappa shape index (κ2) is 6.85. The van der Waals surface area contributed by atoms with E-state index in [1.165, 1.54) is 18.1 Å². The number of carbonyl (C=O) groups excluding carboxylic acids is 1. The van der Waals surface area contributed by atoms with Crippen LogP contribution in [0.1, 0.15) is 15.9 Å². The Morgan fingerprint density at radius 3 is 2.41 bits per heavy atom. The van der Waals surface area contributed by atoms with Gasteiger partial charge in [-0.05, 0) is 29.8 Å². The molecular formula is C17H19NO4. The highest BCUT2D eigenvalue weighted by molar-refractivity contribution is 5.96. The molecule has 0 aromatic heterocycles. The summed E-state index contributed by atoms with van der Waals surface area (Å²) in [7, 11) is 4.79. The zero-order valence-corrected chi connectivity index (χ0v) is 12.9. The molecule has 0 bridgehead atoms. The third-order valence-corrected chi connectivity index (χ3v) is 3.34. The first kappa shape index (κ1) is 15.7. The number of phenols is 1. The molecule has 2 rings (SSSR count). The van der Waals surface area contributed by atoms with Gasteiger partial charge in [-0.1, -0.05) is 12.1 Å². The highest BCUT2D eigenvalue weighted by atomic mass is 16.5. The van der Waals surface area contributed by atoms with Gasteiger partial charge in [0, 0.05) is 19.7 Å². The van der Waals surface area contributed by atoms with Crippen LogP contribution in [0.4, 0.5) is 0 Å². The number of hydrogen-bond donors (Lipinski definition) is 1. The lowest BCUT2D eigenvalue weighted by atomic mass is 10.1. The minimum absolute atomic E-state index is 0.0955. The van der Waals surface area contributed by atoms with E-state index >= 15 is 0 Å². The van der Waals surface area contributed by atoms with Crippen molar-refractivity contribution in [2.45, 2.75) is 6.54 Å². The largest absolute Gasteiger partial charge is 0.507 e. The number of nitrogens with zero attached hydrogens (tertiary/aromatic N) is 1. The molecule has 0 heterocycles. The van der Waals surface area contributed by atoms with Crippen LogP contribution in [-0.4, -0.2) is 37.2 Å². The van der Waals surface area contributed by atoms with Crippen LogP contribution in [0, 0.1) is 0 Å². The van der Waals surface area contributed by atoms with Gasteiger partial charge in [0.15, 0.2) is 0 Å². The Labute approximate surface area is 129 Å². The smallest absolute Gasteiger partial charge is 0.257 e. The number of amides is 1. The summed E-state index contributed by atoms with van der Waals surface area (Å²) in [5, 5.41) is 9.94. The van der Waals surface area contributed by atoms with E-state index in [0.717, 1.165) is 11.3 Å². The van der Waals surface area contributed by atoms with Crippen molar-refractivity contribution in [2.75, 3.05) is 21.3 Å². The molecule has 0 radical (unpaired) electrons. The molecule has 0 aliphatic carbocycles. The van der Waals surface area contributed by atoms with Crippen LogP contribution < -0.4 is 9.47 Å². The molecule has 0 saturated heterocycles. The number of benzene rings is 2. The third-order valence-electron chi connectivity index (χ3n) is 3.34. The van der Waals surface area contributed by atoms with E-state index in [0.29, 0.717) is 12.3 Å². The molecule has 0 atom stereocenters. The average molecular weight is 301 g/mol. The van der Waals surface area contributed by atoms with E-state index in [2.05, 4.69) is 0 Å². The molecule has 0 fully saturated rings. The van der Waals surface area contributed by atoms with Gasteiger partial charge in [0.25, 0.3) is 5.91 Å². The van der Waals surface area contributed by atoms with Gasteiger partial charge in [0.2, 0.25) is 0 Å². The summed E-state index contributed by atoms with van der Waals surface area (Å²) in [4.78, 5) is 14.0. The predicted molar refractivity (Wildman–Crippen MR) is 83.5 cm³/mol. The number of carbonyl (C=O) groups is 1. The molecular weight excluding hydrogens is 282 g/mol. The summed E-state index contributed by atoms with van der Waals surface area (Å²) >= 11 is 0. The fourth-order valence-corrected chi connectivity index (χ4v) is 2.14. The van der Waals surface area contributed by atoms with Gasteiger partial charge in [-0.25, -0.2) is 0 Å². The van der Waals surface area contributed by atoms with E-state index in [9.17, 15) is 9.90 Å². The first-order chi connectivity index (χ1) is 10.5. The lowest BCUT2D eigenvalue weighted by Crippen LogP contribution is -2.26. The molecule has 5 heteroatoms. The van der Waals surface area contributed by atoms with E-state index < -0.39 is 0 Å². The van der Waals surface area contributed by atoms with E-state index in [4.69, 9.17) is 9.47 Å². The monoisotopic (exact) mass is 301 g/mol. The third kappa shape index (κ3) is 3.49. The molecule has 0 unspecified atom stereocenters. The second-order valence-corrected chi connectivity index (χ2v) is 4.90. The summed E-state index contributed by atoms with van der Waals surface area (Å²) in [6, 6.07) is 12.1. The topological polar surface area (TPSA) is 59.0 Å². The van der Waals surface area contributed by atoms with Crippen LogP contribution in [0.25, 0.3) is 0 Å². The quantitative estimate of drug-likeness (QED) is 0.922. The van der Waals surface area contributed by atoms with Crippen LogP contribution in [0.15, 0.2) is 42.5 Å². The number of aromatic hydroxyl groups is 1. The number of hydrogen-bond acceptors (Lipinski definition) is 4. The summed E-state index contributed by atoms with van der Waals surface area (Å²) in [6.07, 6.45) is 0. The fourth-order valence-electron chi connectivity index (χ4n) is 2.14. The van der Waals surface area contributed by atoms with Gasteiger partial charge in [0.05, 0.1) is 19.8 Å². The summed E-state index contributed by atoms with van der Waals surface area (Å²) in [5.41, 5.74) is 1.19. The molecule has 1 amide bonds. The van der Waals surface area contributed by atoms with Crippen molar-refractivity contribution in [3.05, 3.63) is 53.6 Å². The van der Waals surface area contributed by atoms with Gasteiger partial charge in [-0.2, -0.15) is 0 Å². The zero-order chi connectivity index (χ0) is 16.1. The Hall–Kier alpha value is -2.69.